The van der Waals surface area contributed by atoms with Crippen molar-refractivity contribution in [3.63, 3.8) is 0 Å². The van der Waals surface area contributed by atoms with Crippen molar-refractivity contribution in [2.75, 3.05) is 43.9 Å². The molecule has 2 atom stereocenters. The number of nitrogens with one attached hydrogen (secondary N) is 2. The number of halogens is 6. The molecule has 506 valence electrons. The summed E-state index contributed by atoms with van der Waals surface area (Å²) >= 11 is 25.8. The molecule has 19 nitrogen and oxygen atoms in total. The largest absolute Gasteiger partial charge is 1.00 e. The monoisotopic (exact) mass is 1420 g/mol. The maximum atomic E-state index is 13.9. The van der Waals surface area contributed by atoms with Crippen LogP contribution in [0.15, 0.2) is 134 Å². The van der Waals surface area contributed by atoms with Crippen LogP contribution in [-0.4, -0.2) is 117 Å². The molecule has 0 unspecified atom stereocenters. The number of ether oxygens (including phenoxy) is 1. The molecule has 2 aliphatic rings. The van der Waals surface area contributed by atoms with E-state index in [0.29, 0.717) is 78.7 Å². The normalized spacial score (nSPS) is 14.6. The van der Waals surface area contributed by atoms with E-state index in [1.54, 1.807) is 30.3 Å². The summed E-state index contributed by atoms with van der Waals surface area (Å²) in [5.41, 5.74) is 8.97. The Morgan fingerprint density at radius 1 is 0.606 bits per heavy atom. The molecule has 2 aliphatic heterocycles. The zero-order valence-electron chi connectivity index (χ0n) is 55.8. The number of nitrogens with zero attached hydrogens (tertiary/aromatic N) is 12. The number of pyridine rings is 2. The van der Waals surface area contributed by atoms with E-state index in [2.05, 4.69) is 105 Å². The number of carbonyl (C=O) groups is 2. The first-order valence-corrected chi connectivity index (χ1v) is 33.2. The van der Waals surface area contributed by atoms with Crippen LogP contribution >= 0.6 is 46.4 Å². The molecule has 4 aromatic heterocycles. The molecule has 4 N–H and O–H groups in total. The zero-order chi connectivity index (χ0) is 69.0. The van der Waals surface area contributed by atoms with Gasteiger partial charge in [-0.15, -0.1) is 10.2 Å². The van der Waals surface area contributed by atoms with Crippen molar-refractivity contribution in [2.24, 2.45) is 0 Å². The van der Waals surface area contributed by atoms with Crippen LogP contribution in [0.1, 0.15) is 157 Å². The fourth-order valence-corrected chi connectivity index (χ4v) is 13.7. The van der Waals surface area contributed by atoms with E-state index in [4.69, 9.17) is 51.1 Å². The van der Waals surface area contributed by atoms with Crippen LogP contribution in [0.25, 0.3) is 21.8 Å². The van der Waals surface area contributed by atoms with Gasteiger partial charge in [-0.1, -0.05) is 81.1 Å². The van der Waals surface area contributed by atoms with Crippen molar-refractivity contribution in [3.05, 3.63) is 222 Å². The SMILES string of the molecule is CC(C)(C)N1CCC(n2cc([C@@H](Cc3cc(Cl)c4ncc(C#N)c(Nc5ccc(F)c(Cl)c5)c4c3)c3cccc(C(=O)O)c3)nn2)CC1.COC(=O)c1cccc([C@H](Cc2cc(Cl)c3ncc(C#N)c(Nc4ccc(F)c(Cl)c4)c3c2)c2cn(C3CCN(C(C)(C)C)CC3)nn2)c1.[Na+].[OH-]. The Kier molecular flexibility index (Phi) is 24.3. The molecular formula is C73H71Cl4F2N14NaO5. The Hall–Kier alpha value is -8.16. The van der Waals surface area contributed by atoms with Gasteiger partial charge in [0.05, 0.1) is 95.3 Å². The second-order valence-corrected chi connectivity index (χ2v) is 28.0. The van der Waals surface area contributed by atoms with E-state index in [-0.39, 0.29) is 96.8 Å². The molecule has 0 radical (unpaired) electrons. The minimum Gasteiger partial charge on any atom is -0.870 e. The summed E-state index contributed by atoms with van der Waals surface area (Å²) in [6, 6.07) is 34.9. The number of anilines is 4. The van der Waals surface area contributed by atoms with Gasteiger partial charge in [0, 0.05) is 96.0 Å². The molecule has 6 aromatic carbocycles. The smallest absolute Gasteiger partial charge is 0.870 e. The molecule has 0 saturated carbocycles. The summed E-state index contributed by atoms with van der Waals surface area (Å²) in [6.07, 6.45) is 11.5. The summed E-state index contributed by atoms with van der Waals surface area (Å²) < 4.78 is 36.7. The number of esters is 1. The van der Waals surface area contributed by atoms with Crippen LogP contribution in [0.5, 0.6) is 0 Å². The van der Waals surface area contributed by atoms with Gasteiger partial charge in [0.1, 0.15) is 23.8 Å². The topological polar surface area (TPSA) is 259 Å². The molecule has 99 heavy (non-hydrogen) atoms. The van der Waals surface area contributed by atoms with Crippen LogP contribution in [0.3, 0.4) is 0 Å². The van der Waals surface area contributed by atoms with Crippen molar-refractivity contribution in [2.45, 2.75) is 115 Å². The van der Waals surface area contributed by atoms with Gasteiger partial charge < -0.3 is 26.0 Å². The third kappa shape index (κ3) is 17.4. The number of hydrogen-bond donors (Lipinski definition) is 3. The number of benzene rings is 6. The third-order valence-electron chi connectivity index (χ3n) is 18.1. The molecule has 0 spiro atoms. The minimum absolute atomic E-state index is 0. The zero-order valence-corrected chi connectivity index (χ0v) is 60.9. The van der Waals surface area contributed by atoms with Crippen LogP contribution in [0.2, 0.25) is 20.1 Å². The van der Waals surface area contributed by atoms with Crippen LogP contribution in [0, 0.1) is 34.3 Å². The van der Waals surface area contributed by atoms with Crippen molar-refractivity contribution in [1.29, 1.82) is 10.5 Å². The predicted molar refractivity (Wildman–Crippen MR) is 376 cm³/mol. The second-order valence-electron chi connectivity index (χ2n) is 26.4. The van der Waals surface area contributed by atoms with E-state index < -0.39 is 23.6 Å². The Morgan fingerprint density at radius 3 is 1.38 bits per heavy atom. The summed E-state index contributed by atoms with van der Waals surface area (Å²) in [4.78, 5) is 38.4. The molecule has 26 heteroatoms. The van der Waals surface area contributed by atoms with Gasteiger partial charge in [0.15, 0.2) is 0 Å². The molecule has 10 aromatic rings. The molecule has 2 saturated heterocycles. The standard InChI is InChI=1S/C37H36Cl2FN7O2.C36H34Cl2FN7O2.Na.H2O/c1-37(2,3)46-12-10-27(11-13-46)47-21-33(44-45-47)28(23-6-5-7-24(17-23)36(48)49-4)14-22-15-29-34(43-26-8-9-32(40)30(38)18-26)25(19-41)20-42-35(29)31(39)16-22;1-36(2,3)45-11-9-26(10-12-45)46-20-32(43-44-46)27(22-5-4-6-23(16-22)35(47)48)13-21-14-28-33(42-25-7-8-31(39)29(37)17-25)24(18-40)19-41-34(28)30(38)15-21;;/h5-9,15-18,20-21,27-28H,10-14H2,1-4H3,(H,42,43);4-8,14-17,19-20,26-27H,9-13H2,1-3H3,(H,41,42)(H,47,48);;1H2/q;;+1;/p-1/t28-;27-;;/m00../s1. The van der Waals surface area contributed by atoms with Crippen LogP contribution < -0.4 is 40.2 Å². The Morgan fingerprint density at radius 2 is 1.01 bits per heavy atom. The number of aromatic nitrogens is 8. The van der Waals surface area contributed by atoms with Gasteiger partial charge in [-0.05, 0) is 187 Å². The van der Waals surface area contributed by atoms with Crippen LogP contribution in [-0.2, 0) is 17.6 Å². The quantitative estimate of drug-likeness (QED) is 0.0600. The average molecular weight is 1430 g/mol. The number of hydrogen-bond acceptors (Lipinski definition) is 16. The number of carbonyl (C=O) groups excluding carboxylic acids is 1. The van der Waals surface area contributed by atoms with Gasteiger partial charge in [-0.25, -0.2) is 27.7 Å². The molecule has 0 bridgehead atoms. The number of nitriles is 2. The molecule has 12 rings (SSSR count). The number of methoxy groups -OCH3 is 1. The molecule has 0 aliphatic carbocycles. The third-order valence-corrected chi connectivity index (χ3v) is 19.2. The van der Waals surface area contributed by atoms with Gasteiger partial charge in [-0.2, -0.15) is 10.5 Å². The molecule has 6 heterocycles. The predicted octanol–water partition coefficient (Wildman–Crippen LogP) is 13.7. The summed E-state index contributed by atoms with van der Waals surface area (Å²) in [7, 11) is 1.36. The molecule has 2 fully saturated rings. The Bertz CT molecular complexity index is 4710. The first-order valence-electron chi connectivity index (χ1n) is 31.7. The number of aromatic carboxylic acids is 1. The number of likely N-dealkylation sites (tertiary alicyclic amines) is 2. The first-order chi connectivity index (χ1) is 46.3. The van der Waals surface area contributed by atoms with E-state index in [0.717, 1.165) is 79.8 Å². The Labute approximate surface area is 614 Å². The summed E-state index contributed by atoms with van der Waals surface area (Å²) in [5, 5.41) is 56.4. The number of rotatable bonds is 16. The number of carboxylic acids is 1. The number of fused-ring (bicyclic) bond motifs is 2. The van der Waals surface area contributed by atoms with E-state index in [1.807, 2.05) is 70.3 Å². The van der Waals surface area contributed by atoms with Crippen molar-refractivity contribution in [1.82, 2.24) is 49.8 Å². The molecular weight excluding hydrogens is 1360 g/mol. The first kappa shape index (κ1) is 75.1. The maximum absolute atomic E-state index is 13.9. The van der Waals surface area contributed by atoms with Crippen molar-refractivity contribution >= 4 is 103 Å². The van der Waals surface area contributed by atoms with Gasteiger partial charge in [0.25, 0.3) is 0 Å². The maximum Gasteiger partial charge on any atom is 1.00 e. The number of carboxylic acid groups (broad SMARTS) is 1. The van der Waals surface area contributed by atoms with E-state index in [9.17, 15) is 34.0 Å². The molecule has 0 amide bonds. The summed E-state index contributed by atoms with van der Waals surface area (Å²) in [6.45, 7) is 17.3. The van der Waals surface area contributed by atoms with Gasteiger partial charge in [-0.3, -0.25) is 19.8 Å². The van der Waals surface area contributed by atoms with E-state index in [1.165, 1.54) is 49.8 Å². The fraction of sp³-hybridized carbons (Fsp3) is 0.315. The van der Waals surface area contributed by atoms with E-state index >= 15 is 0 Å². The fourth-order valence-electron chi connectivity index (χ4n) is 12.7. The average Bonchev–Trinajstić information content (AvgIpc) is 0.890. The minimum atomic E-state index is -1.02. The Balaban J connectivity index is 0.000000227. The van der Waals surface area contributed by atoms with Crippen molar-refractivity contribution in [3.8, 4) is 12.1 Å². The second kappa shape index (κ2) is 32.0. The van der Waals surface area contributed by atoms with Crippen LogP contribution in [0.4, 0.5) is 31.5 Å². The van der Waals surface area contributed by atoms with Gasteiger partial charge >= 0.3 is 41.5 Å². The van der Waals surface area contributed by atoms with Gasteiger partial charge in [0.2, 0.25) is 0 Å². The van der Waals surface area contributed by atoms with Crippen molar-refractivity contribution < 1.29 is 63.2 Å². The summed E-state index contributed by atoms with van der Waals surface area (Å²) in [5.74, 6) is -3.23. The number of piperidine rings is 2.